The summed E-state index contributed by atoms with van der Waals surface area (Å²) in [6, 6.07) is 7.57. The first-order valence-corrected chi connectivity index (χ1v) is 9.02. The molecule has 1 rings (SSSR count). The lowest BCUT2D eigenvalue weighted by atomic mass is 10.1. The largest absolute Gasteiger partial charge is 0.385 e. The molecule has 3 nitrogen and oxygen atoms in total. The minimum atomic E-state index is -3.00. The molecule has 4 heteroatoms. The van der Waals surface area contributed by atoms with Gasteiger partial charge in [0, 0.05) is 24.9 Å². The fraction of sp³-hybridized carbons (Fsp3) is 0.500. The Bertz CT molecular complexity index is 544. The van der Waals surface area contributed by atoms with Crippen molar-refractivity contribution in [3.63, 3.8) is 0 Å². The van der Waals surface area contributed by atoms with Crippen LogP contribution in [-0.4, -0.2) is 21.2 Å². The second kappa shape index (κ2) is 8.65. The standard InChI is InChI=1S/C16H23NO2S/c1-3-4-5-6-7-10-13-17-16-12-9-8-11-15(16)14-20(2,18)19/h1,8-9,11-12,17H,4-7,10,13-14H2,2H3. The van der Waals surface area contributed by atoms with Crippen LogP contribution in [0.5, 0.6) is 0 Å². The number of unbranched alkanes of at least 4 members (excludes halogenated alkanes) is 4. The van der Waals surface area contributed by atoms with E-state index in [0.717, 1.165) is 49.9 Å². The lowest BCUT2D eigenvalue weighted by Crippen LogP contribution is -2.07. The van der Waals surface area contributed by atoms with E-state index in [-0.39, 0.29) is 5.75 Å². The van der Waals surface area contributed by atoms with Crippen LogP contribution in [-0.2, 0) is 15.6 Å². The molecule has 1 aromatic carbocycles. The van der Waals surface area contributed by atoms with Gasteiger partial charge in [0.2, 0.25) is 0 Å². The van der Waals surface area contributed by atoms with Gasteiger partial charge in [-0.15, -0.1) is 12.3 Å². The van der Waals surface area contributed by atoms with Crippen LogP contribution in [0.3, 0.4) is 0 Å². The number of terminal acetylenes is 1. The summed E-state index contributed by atoms with van der Waals surface area (Å²) < 4.78 is 22.8. The van der Waals surface area contributed by atoms with Crippen molar-refractivity contribution in [2.75, 3.05) is 18.1 Å². The number of benzene rings is 1. The van der Waals surface area contributed by atoms with E-state index in [1.807, 2.05) is 24.3 Å². The minimum absolute atomic E-state index is 0.0817. The van der Waals surface area contributed by atoms with Crippen LogP contribution in [0.4, 0.5) is 5.69 Å². The van der Waals surface area contributed by atoms with Crippen molar-refractivity contribution in [3.05, 3.63) is 29.8 Å². The van der Waals surface area contributed by atoms with Crippen molar-refractivity contribution in [2.45, 2.75) is 37.9 Å². The molecule has 0 heterocycles. The topological polar surface area (TPSA) is 46.2 Å². The molecule has 0 unspecified atom stereocenters. The van der Waals surface area contributed by atoms with Gasteiger partial charge in [0.25, 0.3) is 0 Å². The van der Waals surface area contributed by atoms with Gasteiger partial charge in [-0.3, -0.25) is 0 Å². The monoisotopic (exact) mass is 293 g/mol. The van der Waals surface area contributed by atoms with Gasteiger partial charge in [-0.2, -0.15) is 0 Å². The van der Waals surface area contributed by atoms with E-state index in [1.165, 1.54) is 6.26 Å². The zero-order chi connectivity index (χ0) is 14.8. The first kappa shape index (κ1) is 16.6. The van der Waals surface area contributed by atoms with Gasteiger partial charge in [-0.25, -0.2) is 8.42 Å². The molecule has 0 spiro atoms. The van der Waals surface area contributed by atoms with E-state index in [4.69, 9.17) is 6.42 Å². The minimum Gasteiger partial charge on any atom is -0.385 e. The maximum absolute atomic E-state index is 11.4. The number of para-hydroxylation sites is 1. The molecule has 0 radical (unpaired) electrons. The van der Waals surface area contributed by atoms with E-state index in [0.29, 0.717) is 0 Å². The molecule has 0 amide bonds. The van der Waals surface area contributed by atoms with Gasteiger partial charge in [-0.05, 0) is 24.5 Å². The van der Waals surface area contributed by atoms with Crippen molar-refractivity contribution < 1.29 is 8.42 Å². The van der Waals surface area contributed by atoms with E-state index in [9.17, 15) is 8.42 Å². The van der Waals surface area contributed by atoms with Crippen LogP contribution < -0.4 is 5.32 Å². The Labute approximate surface area is 122 Å². The summed E-state index contributed by atoms with van der Waals surface area (Å²) in [7, 11) is -3.00. The molecule has 0 saturated heterocycles. The Hall–Kier alpha value is -1.47. The Kier molecular flexibility index (Phi) is 7.17. The van der Waals surface area contributed by atoms with Crippen molar-refractivity contribution in [1.82, 2.24) is 0 Å². The first-order valence-electron chi connectivity index (χ1n) is 6.96. The average molecular weight is 293 g/mol. The number of sulfone groups is 1. The lowest BCUT2D eigenvalue weighted by Gasteiger charge is -2.11. The van der Waals surface area contributed by atoms with Crippen LogP contribution in [0, 0.1) is 12.3 Å². The molecule has 20 heavy (non-hydrogen) atoms. The second-order valence-corrected chi connectivity index (χ2v) is 7.16. The van der Waals surface area contributed by atoms with Gasteiger partial charge < -0.3 is 5.32 Å². The van der Waals surface area contributed by atoms with Gasteiger partial charge in [0.1, 0.15) is 0 Å². The summed E-state index contributed by atoms with van der Waals surface area (Å²) in [6.45, 7) is 0.858. The molecular formula is C16H23NO2S. The molecular weight excluding hydrogens is 270 g/mol. The highest BCUT2D eigenvalue weighted by molar-refractivity contribution is 7.89. The molecule has 0 bridgehead atoms. The van der Waals surface area contributed by atoms with Crippen molar-refractivity contribution >= 4 is 15.5 Å². The molecule has 1 aromatic rings. The van der Waals surface area contributed by atoms with E-state index in [2.05, 4.69) is 11.2 Å². The van der Waals surface area contributed by atoms with Crippen LogP contribution in [0.15, 0.2) is 24.3 Å². The summed E-state index contributed by atoms with van der Waals surface area (Å²) >= 11 is 0. The maximum Gasteiger partial charge on any atom is 0.151 e. The average Bonchev–Trinajstić information content (AvgIpc) is 2.38. The normalized spacial score (nSPS) is 11.0. The van der Waals surface area contributed by atoms with Gasteiger partial charge in [-0.1, -0.05) is 31.0 Å². The Balaban J connectivity index is 2.39. The Morgan fingerprint density at radius 3 is 2.55 bits per heavy atom. The van der Waals surface area contributed by atoms with E-state index < -0.39 is 9.84 Å². The molecule has 0 aliphatic heterocycles. The fourth-order valence-electron chi connectivity index (χ4n) is 2.03. The van der Waals surface area contributed by atoms with Crippen LogP contribution in [0.25, 0.3) is 0 Å². The number of nitrogens with one attached hydrogen (secondary N) is 1. The third kappa shape index (κ3) is 7.20. The molecule has 0 aromatic heterocycles. The van der Waals surface area contributed by atoms with Crippen molar-refractivity contribution in [3.8, 4) is 12.3 Å². The van der Waals surface area contributed by atoms with Gasteiger partial charge >= 0.3 is 0 Å². The van der Waals surface area contributed by atoms with Gasteiger partial charge in [0.15, 0.2) is 9.84 Å². The van der Waals surface area contributed by atoms with Gasteiger partial charge in [0.05, 0.1) is 5.75 Å². The molecule has 110 valence electrons. The SMILES string of the molecule is C#CCCCCCCNc1ccccc1CS(C)(=O)=O. The maximum atomic E-state index is 11.4. The van der Waals surface area contributed by atoms with E-state index in [1.54, 1.807) is 0 Å². The third-order valence-electron chi connectivity index (χ3n) is 3.00. The summed E-state index contributed by atoms with van der Waals surface area (Å²) in [5, 5.41) is 3.32. The number of anilines is 1. The first-order chi connectivity index (χ1) is 9.53. The van der Waals surface area contributed by atoms with Crippen molar-refractivity contribution in [1.29, 1.82) is 0 Å². The summed E-state index contributed by atoms with van der Waals surface area (Å²) in [4.78, 5) is 0. The summed E-state index contributed by atoms with van der Waals surface area (Å²) in [6.07, 6.45) is 11.8. The Morgan fingerprint density at radius 1 is 1.15 bits per heavy atom. The highest BCUT2D eigenvalue weighted by atomic mass is 32.2. The molecule has 0 saturated carbocycles. The molecule has 0 atom stereocenters. The zero-order valence-electron chi connectivity index (χ0n) is 12.1. The smallest absolute Gasteiger partial charge is 0.151 e. The second-order valence-electron chi connectivity index (χ2n) is 5.02. The number of hydrogen-bond acceptors (Lipinski definition) is 3. The number of rotatable bonds is 9. The predicted octanol–water partition coefficient (Wildman–Crippen LogP) is 3.23. The predicted molar refractivity (Wildman–Crippen MR) is 85.4 cm³/mol. The molecule has 0 fully saturated rings. The summed E-state index contributed by atoms with van der Waals surface area (Å²) in [5.41, 5.74) is 1.75. The lowest BCUT2D eigenvalue weighted by molar-refractivity contribution is 0.601. The quantitative estimate of drug-likeness (QED) is 0.561. The molecule has 0 aliphatic rings. The van der Waals surface area contributed by atoms with E-state index >= 15 is 0 Å². The van der Waals surface area contributed by atoms with Crippen LogP contribution >= 0.6 is 0 Å². The zero-order valence-corrected chi connectivity index (χ0v) is 12.9. The molecule has 0 aliphatic carbocycles. The fourth-order valence-corrected chi connectivity index (χ4v) is 2.85. The third-order valence-corrected chi connectivity index (χ3v) is 3.83. The Morgan fingerprint density at radius 2 is 1.85 bits per heavy atom. The van der Waals surface area contributed by atoms with Crippen molar-refractivity contribution in [2.24, 2.45) is 0 Å². The van der Waals surface area contributed by atoms with Crippen LogP contribution in [0.1, 0.15) is 37.7 Å². The number of hydrogen-bond donors (Lipinski definition) is 1. The summed E-state index contributed by atoms with van der Waals surface area (Å²) in [5.74, 6) is 2.72. The highest BCUT2D eigenvalue weighted by Crippen LogP contribution is 2.17. The van der Waals surface area contributed by atoms with Crippen LogP contribution in [0.2, 0.25) is 0 Å². The molecule has 1 N–H and O–H groups in total. The highest BCUT2D eigenvalue weighted by Gasteiger charge is 2.08.